The molecule has 1 fully saturated rings. The van der Waals surface area contributed by atoms with E-state index in [-0.39, 0.29) is 5.41 Å². The number of hydrogen-bond acceptors (Lipinski definition) is 3. The van der Waals surface area contributed by atoms with Crippen LogP contribution in [-0.2, 0) is 13.6 Å². The van der Waals surface area contributed by atoms with Gasteiger partial charge < -0.3 is 8.85 Å². The van der Waals surface area contributed by atoms with Gasteiger partial charge in [-0.1, -0.05) is 86.0 Å². The first-order valence-corrected chi connectivity index (χ1v) is 14.5. The SMILES string of the molecule is CCO[Si]1(OCC)CCC(C)(CCCC(C)CCCC(C)CCCC(C)C)C1=O. The molecular formula is C25H50O3Si. The number of hydrogen-bond donors (Lipinski definition) is 0. The van der Waals surface area contributed by atoms with Crippen LogP contribution in [0.15, 0.2) is 0 Å². The minimum atomic E-state index is -2.64. The summed E-state index contributed by atoms with van der Waals surface area (Å²) in [4.78, 5) is 13.2. The quantitative estimate of drug-likeness (QED) is 0.240. The Morgan fingerprint density at radius 1 is 0.862 bits per heavy atom. The third-order valence-corrected chi connectivity index (χ3v) is 10.7. The van der Waals surface area contributed by atoms with E-state index < -0.39 is 8.56 Å². The van der Waals surface area contributed by atoms with Gasteiger partial charge >= 0.3 is 8.56 Å². The minimum Gasteiger partial charge on any atom is -0.390 e. The molecule has 1 aliphatic rings. The second-order valence-corrected chi connectivity index (χ2v) is 13.4. The van der Waals surface area contributed by atoms with Crippen LogP contribution >= 0.6 is 0 Å². The number of carbonyl (C=O) groups excluding carboxylic acids is 1. The van der Waals surface area contributed by atoms with Gasteiger partial charge in [0.15, 0.2) is 5.41 Å². The van der Waals surface area contributed by atoms with E-state index in [9.17, 15) is 4.79 Å². The Bertz CT molecular complexity index is 459. The molecule has 1 rings (SSSR count). The highest BCUT2D eigenvalue weighted by Crippen LogP contribution is 2.45. The smallest absolute Gasteiger partial charge is 0.390 e. The standard InChI is InChI=1S/C25H50O3Si/c1-8-27-29(28-9-2)20-19-25(7,24(29)26)18-12-17-23(6)16-11-15-22(5)14-10-13-21(3)4/h21-23H,8-20H2,1-7H3. The maximum atomic E-state index is 13.2. The van der Waals surface area contributed by atoms with E-state index in [1.807, 2.05) is 13.8 Å². The molecule has 0 aromatic heterocycles. The molecule has 172 valence electrons. The molecule has 0 aliphatic carbocycles. The lowest BCUT2D eigenvalue weighted by atomic mass is 9.82. The third kappa shape index (κ3) is 8.83. The van der Waals surface area contributed by atoms with Gasteiger partial charge in [0.05, 0.1) is 0 Å². The zero-order valence-electron chi connectivity index (χ0n) is 20.6. The Balaban J connectivity index is 2.29. The fraction of sp³-hybridized carbons (Fsp3) is 0.960. The van der Waals surface area contributed by atoms with Gasteiger partial charge in [0.2, 0.25) is 0 Å². The molecular weight excluding hydrogens is 376 g/mol. The second-order valence-electron chi connectivity index (χ2n) is 10.4. The summed E-state index contributed by atoms with van der Waals surface area (Å²) in [5.41, 5.74) is -0.221. The van der Waals surface area contributed by atoms with Crippen LogP contribution in [0, 0.1) is 23.2 Å². The lowest BCUT2D eigenvalue weighted by Crippen LogP contribution is -2.50. The summed E-state index contributed by atoms with van der Waals surface area (Å²) in [6.07, 6.45) is 12.5. The molecule has 0 spiro atoms. The fourth-order valence-corrected chi connectivity index (χ4v) is 8.81. The second kappa shape index (κ2) is 13.3. The van der Waals surface area contributed by atoms with E-state index in [0.29, 0.717) is 18.6 Å². The van der Waals surface area contributed by atoms with Crippen molar-refractivity contribution in [2.45, 2.75) is 119 Å². The van der Waals surface area contributed by atoms with E-state index in [4.69, 9.17) is 8.85 Å². The van der Waals surface area contributed by atoms with Crippen molar-refractivity contribution in [3.05, 3.63) is 0 Å². The van der Waals surface area contributed by atoms with Crippen molar-refractivity contribution >= 4 is 14.0 Å². The van der Waals surface area contributed by atoms with E-state index >= 15 is 0 Å². The molecule has 0 aromatic carbocycles. The molecule has 3 nitrogen and oxygen atoms in total. The summed E-state index contributed by atoms with van der Waals surface area (Å²) in [6, 6.07) is 0.842. The Morgan fingerprint density at radius 3 is 1.83 bits per heavy atom. The minimum absolute atomic E-state index is 0.221. The van der Waals surface area contributed by atoms with Gasteiger partial charge in [-0.3, -0.25) is 4.79 Å². The third-order valence-electron chi connectivity index (χ3n) is 6.95. The van der Waals surface area contributed by atoms with Gasteiger partial charge in [0.25, 0.3) is 0 Å². The van der Waals surface area contributed by atoms with Crippen molar-refractivity contribution in [3.8, 4) is 0 Å². The van der Waals surface area contributed by atoms with Gasteiger partial charge in [-0.25, -0.2) is 0 Å². The molecule has 0 amide bonds. The highest BCUT2D eigenvalue weighted by molar-refractivity contribution is 6.98. The van der Waals surface area contributed by atoms with Crippen molar-refractivity contribution in [2.75, 3.05) is 13.2 Å². The molecule has 4 heteroatoms. The molecule has 0 radical (unpaired) electrons. The summed E-state index contributed by atoms with van der Waals surface area (Å²) < 4.78 is 11.9. The van der Waals surface area contributed by atoms with Gasteiger partial charge in [0.1, 0.15) is 0 Å². The van der Waals surface area contributed by atoms with Gasteiger partial charge in [-0.05, 0) is 50.5 Å². The molecule has 3 atom stereocenters. The predicted octanol–water partition coefficient (Wildman–Crippen LogP) is 7.46. The lowest BCUT2D eigenvalue weighted by molar-refractivity contribution is -0.122. The molecule has 0 N–H and O–H groups in total. The Morgan fingerprint density at radius 2 is 1.34 bits per heavy atom. The molecule has 1 heterocycles. The normalized spacial score (nSPS) is 23.7. The zero-order chi connectivity index (χ0) is 21.9. The van der Waals surface area contributed by atoms with Crippen molar-refractivity contribution in [1.82, 2.24) is 0 Å². The average molecular weight is 427 g/mol. The molecule has 1 aliphatic heterocycles. The molecule has 0 aromatic rings. The monoisotopic (exact) mass is 426 g/mol. The van der Waals surface area contributed by atoms with Gasteiger partial charge in [0, 0.05) is 18.6 Å². The van der Waals surface area contributed by atoms with Crippen LogP contribution in [0.4, 0.5) is 0 Å². The predicted molar refractivity (Wildman–Crippen MR) is 126 cm³/mol. The average Bonchev–Trinajstić information content (AvgIpc) is 2.88. The highest BCUT2D eigenvalue weighted by atomic mass is 28.4. The Hall–Kier alpha value is -0.193. The van der Waals surface area contributed by atoms with Crippen LogP contribution in [-0.4, -0.2) is 27.2 Å². The van der Waals surface area contributed by atoms with Crippen molar-refractivity contribution in [2.24, 2.45) is 23.2 Å². The van der Waals surface area contributed by atoms with Crippen molar-refractivity contribution < 1.29 is 13.6 Å². The first-order chi connectivity index (χ1) is 13.7. The van der Waals surface area contributed by atoms with Crippen LogP contribution in [0.2, 0.25) is 6.04 Å². The molecule has 29 heavy (non-hydrogen) atoms. The Kier molecular flexibility index (Phi) is 12.3. The summed E-state index contributed by atoms with van der Waals surface area (Å²) in [5.74, 6) is 2.47. The maximum Gasteiger partial charge on any atom is 0.410 e. The van der Waals surface area contributed by atoms with E-state index in [0.717, 1.165) is 43.1 Å². The van der Waals surface area contributed by atoms with Crippen LogP contribution < -0.4 is 0 Å². The maximum absolute atomic E-state index is 13.2. The largest absolute Gasteiger partial charge is 0.410 e. The van der Waals surface area contributed by atoms with Crippen LogP contribution in [0.25, 0.3) is 0 Å². The van der Waals surface area contributed by atoms with Crippen LogP contribution in [0.3, 0.4) is 0 Å². The van der Waals surface area contributed by atoms with Crippen molar-refractivity contribution in [1.29, 1.82) is 0 Å². The van der Waals surface area contributed by atoms with E-state index in [2.05, 4.69) is 34.6 Å². The zero-order valence-corrected chi connectivity index (χ0v) is 21.6. The van der Waals surface area contributed by atoms with Gasteiger partial charge in [-0.15, -0.1) is 0 Å². The first-order valence-electron chi connectivity index (χ1n) is 12.5. The summed E-state index contributed by atoms with van der Waals surface area (Å²) in [7, 11) is -2.64. The topological polar surface area (TPSA) is 35.5 Å². The number of carbonyl (C=O) groups is 1. The van der Waals surface area contributed by atoms with Gasteiger partial charge in [-0.2, -0.15) is 0 Å². The summed E-state index contributed by atoms with van der Waals surface area (Å²) in [5, 5.41) is 0.316. The molecule has 0 bridgehead atoms. The van der Waals surface area contributed by atoms with E-state index in [1.165, 1.54) is 44.9 Å². The van der Waals surface area contributed by atoms with Crippen LogP contribution in [0.5, 0.6) is 0 Å². The first kappa shape index (κ1) is 26.8. The highest BCUT2D eigenvalue weighted by Gasteiger charge is 2.59. The van der Waals surface area contributed by atoms with Crippen molar-refractivity contribution in [3.63, 3.8) is 0 Å². The Labute approximate surface area is 183 Å². The number of rotatable bonds is 16. The van der Waals surface area contributed by atoms with E-state index in [1.54, 1.807) is 0 Å². The molecule has 3 unspecified atom stereocenters. The fourth-order valence-electron chi connectivity index (χ4n) is 4.97. The lowest BCUT2D eigenvalue weighted by Gasteiger charge is -2.28. The van der Waals surface area contributed by atoms with Crippen LogP contribution in [0.1, 0.15) is 113 Å². The summed E-state index contributed by atoms with van der Waals surface area (Å²) in [6.45, 7) is 16.7. The molecule has 0 saturated carbocycles. The molecule has 1 saturated heterocycles. The summed E-state index contributed by atoms with van der Waals surface area (Å²) >= 11 is 0.